The fourth-order valence-electron chi connectivity index (χ4n) is 2.27. The molecule has 0 aromatic heterocycles. The van der Waals surface area contributed by atoms with Gasteiger partial charge in [0, 0.05) is 26.2 Å². The van der Waals surface area contributed by atoms with Crippen molar-refractivity contribution in [3.05, 3.63) is 0 Å². The largest absolute Gasteiger partial charge is 0.396 e. The molecule has 0 aromatic rings. The van der Waals surface area contributed by atoms with E-state index in [1.54, 1.807) is 0 Å². The Balaban J connectivity index is 4.66. The minimum atomic E-state index is -0.535. The molecule has 0 saturated heterocycles. The average molecular weight is 329 g/mol. The highest BCUT2D eigenvalue weighted by Gasteiger charge is 2.26. The molecule has 0 bridgehead atoms. The quantitative estimate of drug-likeness (QED) is 0.342. The number of aliphatic hydroxyl groups excluding tert-OH is 1. The summed E-state index contributed by atoms with van der Waals surface area (Å²) < 4.78 is 0. The van der Waals surface area contributed by atoms with Gasteiger partial charge in [-0.15, -0.1) is 0 Å². The summed E-state index contributed by atoms with van der Waals surface area (Å²) >= 11 is 0. The second-order valence-electron chi connectivity index (χ2n) is 6.49. The Morgan fingerprint density at radius 1 is 1.09 bits per heavy atom. The lowest BCUT2D eigenvalue weighted by atomic mass is 9.92. The van der Waals surface area contributed by atoms with Crippen LogP contribution in [0.25, 0.3) is 0 Å². The van der Waals surface area contributed by atoms with E-state index in [-0.39, 0.29) is 12.5 Å². The predicted octanol–water partition coefficient (Wildman–Crippen LogP) is 1.50. The number of nitrogens with one attached hydrogen (secondary N) is 3. The molecule has 0 aliphatic rings. The van der Waals surface area contributed by atoms with Crippen molar-refractivity contribution >= 4 is 11.9 Å². The van der Waals surface area contributed by atoms with Gasteiger partial charge in [0.1, 0.15) is 0 Å². The highest BCUT2D eigenvalue weighted by molar-refractivity contribution is 5.83. The van der Waals surface area contributed by atoms with Crippen molar-refractivity contribution < 1.29 is 9.90 Å². The van der Waals surface area contributed by atoms with Gasteiger partial charge >= 0.3 is 0 Å². The fourth-order valence-corrected chi connectivity index (χ4v) is 2.27. The molecule has 0 spiro atoms. The molecule has 1 amide bonds. The number of nitrogens with zero attached hydrogens (tertiary/aromatic N) is 1. The van der Waals surface area contributed by atoms with Crippen LogP contribution in [0, 0.1) is 11.3 Å². The number of guanidine groups is 1. The van der Waals surface area contributed by atoms with E-state index >= 15 is 0 Å². The van der Waals surface area contributed by atoms with Crippen LogP contribution in [0.15, 0.2) is 4.99 Å². The number of hydrogen-bond acceptors (Lipinski definition) is 3. The van der Waals surface area contributed by atoms with Gasteiger partial charge in [0.05, 0.1) is 12.0 Å². The van der Waals surface area contributed by atoms with Crippen LogP contribution in [-0.4, -0.2) is 49.8 Å². The molecule has 136 valence electrons. The number of amides is 1. The van der Waals surface area contributed by atoms with Crippen molar-refractivity contribution in [2.45, 2.75) is 53.9 Å². The molecule has 6 heteroatoms. The van der Waals surface area contributed by atoms with Gasteiger partial charge in [-0.05, 0) is 46.5 Å². The van der Waals surface area contributed by atoms with Gasteiger partial charge in [0.2, 0.25) is 5.91 Å². The van der Waals surface area contributed by atoms with Crippen LogP contribution in [-0.2, 0) is 4.79 Å². The van der Waals surface area contributed by atoms with Crippen LogP contribution in [0.4, 0.5) is 0 Å². The Morgan fingerprint density at radius 3 is 2.26 bits per heavy atom. The Hall–Kier alpha value is -1.30. The highest BCUT2D eigenvalue weighted by atomic mass is 16.3. The maximum atomic E-state index is 12.0. The van der Waals surface area contributed by atoms with E-state index < -0.39 is 5.41 Å². The Morgan fingerprint density at radius 2 is 1.74 bits per heavy atom. The van der Waals surface area contributed by atoms with E-state index in [0.717, 1.165) is 38.3 Å². The molecule has 0 aliphatic carbocycles. The summed E-state index contributed by atoms with van der Waals surface area (Å²) in [7, 11) is 0. The van der Waals surface area contributed by atoms with Gasteiger partial charge in [0.25, 0.3) is 0 Å². The van der Waals surface area contributed by atoms with Gasteiger partial charge in [-0.25, -0.2) is 0 Å². The SMILES string of the molecule is CCCC(CCO)CNC(=NCC(C)(C)C(=O)NCC)NCC. The third kappa shape index (κ3) is 9.43. The average Bonchev–Trinajstić information content (AvgIpc) is 2.50. The minimum Gasteiger partial charge on any atom is -0.396 e. The summed E-state index contributed by atoms with van der Waals surface area (Å²) in [5.74, 6) is 1.18. The lowest BCUT2D eigenvalue weighted by molar-refractivity contribution is -0.128. The topological polar surface area (TPSA) is 85.8 Å². The van der Waals surface area contributed by atoms with Crippen LogP contribution >= 0.6 is 0 Å². The molecular formula is C17H36N4O2. The summed E-state index contributed by atoms with van der Waals surface area (Å²) in [6.45, 7) is 12.7. The minimum absolute atomic E-state index is 0.0174. The first-order valence-electron chi connectivity index (χ1n) is 8.82. The summed E-state index contributed by atoms with van der Waals surface area (Å²) in [4.78, 5) is 16.6. The van der Waals surface area contributed by atoms with Crippen molar-refractivity contribution in [1.82, 2.24) is 16.0 Å². The molecule has 23 heavy (non-hydrogen) atoms. The van der Waals surface area contributed by atoms with Crippen molar-refractivity contribution in [2.24, 2.45) is 16.3 Å². The van der Waals surface area contributed by atoms with Crippen molar-refractivity contribution in [3.63, 3.8) is 0 Å². The van der Waals surface area contributed by atoms with Crippen molar-refractivity contribution in [2.75, 3.05) is 32.8 Å². The second kappa shape index (κ2) is 12.2. The first-order valence-corrected chi connectivity index (χ1v) is 8.82. The Bertz CT molecular complexity index is 351. The molecule has 0 aliphatic heterocycles. The van der Waals surface area contributed by atoms with E-state index in [9.17, 15) is 4.79 Å². The lowest BCUT2D eigenvalue weighted by Crippen LogP contribution is -2.43. The molecule has 1 atom stereocenters. The molecule has 0 heterocycles. The maximum absolute atomic E-state index is 12.0. The standard InChI is InChI=1S/C17H36N4O2/c1-6-9-14(10-11-22)12-20-16(19-8-3)21-13-17(4,5)15(23)18-7-2/h14,22H,6-13H2,1-5H3,(H,18,23)(H2,19,20,21). The monoisotopic (exact) mass is 328 g/mol. The van der Waals surface area contributed by atoms with Gasteiger partial charge in [-0.1, -0.05) is 13.3 Å². The highest BCUT2D eigenvalue weighted by Crippen LogP contribution is 2.15. The molecule has 0 aromatic carbocycles. The zero-order chi connectivity index (χ0) is 17.7. The molecule has 0 saturated carbocycles. The number of hydrogen-bond donors (Lipinski definition) is 4. The summed E-state index contributed by atoms with van der Waals surface area (Å²) in [5, 5.41) is 18.5. The lowest BCUT2D eigenvalue weighted by Gasteiger charge is -2.23. The van der Waals surface area contributed by atoms with E-state index in [4.69, 9.17) is 5.11 Å². The van der Waals surface area contributed by atoms with Crippen LogP contribution in [0.1, 0.15) is 53.9 Å². The van der Waals surface area contributed by atoms with Gasteiger partial charge in [-0.3, -0.25) is 9.79 Å². The van der Waals surface area contributed by atoms with Crippen LogP contribution in [0.5, 0.6) is 0 Å². The zero-order valence-corrected chi connectivity index (χ0v) is 15.5. The van der Waals surface area contributed by atoms with Gasteiger partial charge in [-0.2, -0.15) is 0 Å². The summed E-state index contributed by atoms with van der Waals surface area (Å²) in [5.41, 5.74) is -0.535. The first kappa shape index (κ1) is 21.7. The fraction of sp³-hybridized carbons (Fsp3) is 0.882. The van der Waals surface area contributed by atoms with Crippen LogP contribution in [0.3, 0.4) is 0 Å². The zero-order valence-electron chi connectivity index (χ0n) is 15.5. The van der Waals surface area contributed by atoms with Crippen molar-refractivity contribution in [3.8, 4) is 0 Å². The first-order chi connectivity index (χ1) is 10.9. The number of aliphatic hydroxyl groups is 1. The van der Waals surface area contributed by atoms with E-state index in [1.807, 2.05) is 27.7 Å². The van der Waals surface area contributed by atoms with E-state index in [1.165, 1.54) is 0 Å². The number of carbonyl (C=O) groups excluding carboxylic acids is 1. The third-order valence-corrected chi connectivity index (χ3v) is 3.72. The molecular weight excluding hydrogens is 292 g/mol. The smallest absolute Gasteiger partial charge is 0.227 e. The number of aliphatic imine (C=N–C) groups is 1. The molecule has 0 radical (unpaired) electrons. The van der Waals surface area contributed by atoms with Gasteiger partial charge < -0.3 is 21.1 Å². The maximum Gasteiger partial charge on any atom is 0.227 e. The second-order valence-corrected chi connectivity index (χ2v) is 6.49. The number of carbonyl (C=O) groups is 1. The van der Waals surface area contributed by atoms with Gasteiger partial charge in [0.15, 0.2) is 5.96 Å². The molecule has 0 rings (SSSR count). The number of rotatable bonds is 11. The molecule has 4 N–H and O–H groups in total. The normalized spacial score (nSPS) is 13.6. The molecule has 0 fully saturated rings. The Labute approximate surface area is 141 Å². The third-order valence-electron chi connectivity index (χ3n) is 3.72. The Kier molecular flexibility index (Phi) is 11.5. The summed E-state index contributed by atoms with van der Waals surface area (Å²) in [6, 6.07) is 0. The molecule has 6 nitrogen and oxygen atoms in total. The van der Waals surface area contributed by atoms with Crippen LogP contribution in [0.2, 0.25) is 0 Å². The van der Waals surface area contributed by atoms with Crippen LogP contribution < -0.4 is 16.0 Å². The van der Waals surface area contributed by atoms with E-state index in [2.05, 4.69) is 27.9 Å². The molecule has 1 unspecified atom stereocenters. The predicted molar refractivity (Wildman–Crippen MR) is 96.5 cm³/mol. The van der Waals surface area contributed by atoms with E-state index in [0.29, 0.717) is 19.0 Å². The summed E-state index contributed by atoms with van der Waals surface area (Å²) in [6.07, 6.45) is 2.98. The van der Waals surface area contributed by atoms with Crippen molar-refractivity contribution in [1.29, 1.82) is 0 Å².